The van der Waals surface area contributed by atoms with E-state index in [4.69, 9.17) is 11.6 Å². The van der Waals surface area contributed by atoms with E-state index in [2.05, 4.69) is 0 Å². The van der Waals surface area contributed by atoms with E-state index in [1.54, 1.807) is 13.8 Å². The van der Waals surface area contributed by atoms with Crippen molar-refractivity contribution in [2.24, 2.45) is 5.41 Å². The second-order valence-corrected chi connectivity index (χ2v) is 4.79. The molecule has 1 fully saturated rings. The molecule has 78 valence electrons. The summed E-state index contributed by atoms with van der Waals surface area (Å²) in [7, 11) is 0. The molecular formula is C8H10ClNO4. The van der Waals surface area contributed by atoms with Gasteiger partial charge >= 0.3 is 5.00 Å². The van der Waals surface area contributed by atoms with Gasteiger partial charge in [0.05, 0.1) is 4.92 Å². The highest BCUT2D eigenvalue weighted by atomic mass is 35.5. The van der Waals surface area contributed by atoms with E-state index in [9.17, 15) is 19.7 Å². The van der Waals surface area contributed by atoms with E-state index in [1.807, 2.05) is 0 Å². The fraction of sp³-hybridized carbons (Fsp3) is 0.750. The maximum Gasteiger partial charge on any atom is 0.410 e. The predicted octanol–water partition coefficient (Wildman–Crippen LogP) is 1.16. The molecule has 0 amide bonds. The lowest BCUT2D eigenvalue weighted by molar-refractivity contribution is -0.511. The highest BCUT2D eigenvalue weighted by Crippen LogP contribution is 2.38. The lowest BCUT2D eigenvalue weighted by Crippen LogP contribution is -2.54. The van der Waals surface area contributed by atoms with Crippen molar-refractivity contribution in [3.8, 4) is 0 Å². The lowest BCUT2D eigenvalue weighted by Gasteiger charge is -2.31. The third-order valence-corrected chi connectivity index (χ3v) is 2.83. The summed E-state index contributed by atoms with van der Waals surface area (Å²) in [6, 6.07) is 0. The number of ketones is 2. The van der Waals surface area contributed by atoms with E-state index >= 15 is 0 Å². The highest BCUT2D eigenvalue weighted by Gasteiger charge is 2.60. The SMILES string of the molecule is CC1(C)CC(=O)C(Cl)([N+](=O)[O-])C(=O)C1. The number of alkyl halides is 1. The van der Waals surface area contributed by atoms with Crippen LogP contribution in [0, 0.1) is 15.5 Å². The van der Waals surface area contributed by atoms with Gasteiger partial charge in [-0.25, -0.2) is 0 Å². The van der Waals surface area contributed by atoms with Gasteiger partial charge in [0.25, 0.3) is 0 Å². The van der Waals surface area contributed by atoms with E-state index < -0.39 is 26.9 Å². The molecule has 0 saturated heterocycles. The Kier molecular flexibility index (Phi) is 2.39. The molecule has 0 heterocycles. The molecule has 1 saturated carbocycles. The Balaban J connectivity index is 3.09. The molecule has 0 bridgehead atoms. The summed E-state index contributed by atoms with van der Waals surface area (Å²) in [5, 5.41) is 10.5. The number of hydrogen-bond donors (Lipinski definition) is 0. The molecule has 5 nitrogen and oxygen atoms in total. The highest BCUT2D eigenvalue weighted by molar-refractivity contribution is 6.45. The van der Waals surface area contributed by atoms with Gasteiger partial charge in [-0.15, -0.1) is 0 Å². The summed E-state index contributed by atoms with van der Waals surface area (Å²) < 4.78 is 0. The van der Waals surface area contributed by atoms with Gasteiger partial charge in [-0.1, -0.05) is 13.8 Å². The van der Waals surface area contributed by atoms with Crippen LogP contribution in [0.15, 0.2) is 0 Å². The molecule has 1 rings (SSSR count). The largest absolute Gasteiger partial charge is 0.410 e. The average Bonchev–Trinajstić information content (AvgIpc) is 1.97. The van der Waals surface area contributed by atoms with Crippen molar-refractivity contribution in [2.45, 2.75) is 31.7 Å². The monoisotopic (exact) mass is 219 g/mol. The average molecular weight is 220 g/mol. The number of nitro groups is 1. The number of carbonyl (C=O) groups excluding carboxylic acids is 2. The van der Waals surface area contributed by atoms with Crippen LogP contribution in [0.5, 0.6) is 0 Å². The molecule has 14 heavy (non-hydrogen) atoms. The van der Waals surface area contributed by atoms with Crippen LogP contribution in [-0.4, -0.2) is 21.5 Å². The first-order valence-electron chi connectivity index (χ1n) is 4.10. The first-order valence-corrected chi connectivity index (χ1v) is 4.48. The maximum atomic E-state index is 11.4. The summed E-state index contributed by atoms with van der Waals surface area (Å²) in [5.41, 5.74) is -0.525. The standard InChI is InChI=1S/C8H10ClNO4/c1-7(2)3-5(11)8(9,10(13)14)6(12)4-7/h3-4H2,1-2H3. The van der Waals surface area contributed by atoms with Gasteiger partial charge in [0.2, 0.25) is 11.6 Å². The maximum absolute atomic E-state index is 11.4. The van der Waals surface area contributed by atoms with Gasteiger partial charge in [0, 0.05) is 12.8 Å². The lowest BCUT2D eigenvalue weighted by atomic mass is 9.74. The minimum Gasteiger partial charge on any atom is -0.289 e. The molecule has 0 radical (unpaired) electrons. The van der Waals surface area contributed by atoms with Crippen LogP contribution in [0.2, 0.25) is 0 Å². The van der Waals surface area contributed by atoms with Gasteiger partial charge < -0.3 is 0 Å². The summed E-state index contributed by atoms with van der Waals surface area (Å²) in [6.07, 6.45) is -0.0769. The minimum absolute atomic E-state index is 0.0385. The zero-order valence-electron chi connectivity index (χ0n) is 7.87. The first-order chi connectivity index (χ1) is 6.20. The van der Waals surface area contributed by atoms with Crippen LogP contribution in [-0.2, 0) is 9.59 Å². The van der Waals surface area contributed by atoms with Crippen LogP contribution in [0.4, 0.5) is 0 Å². The van der Waals surface area contributed by atoms with Crippen LogP contribution in [0.25, 0.3) is 0 Å². The van der Waals surface area contributed by atoms with Gasteiger partial charge in [-0.2, -0.15) is 0 Å². The number of Topliss-reactive ketones (excluding diaryl/α,β-unsaturated/α-hetero) is 2. The van der Waals surface area contributed by atoms with Gasteiger partial charge in [0.1, 0.15) is 0 Å². The third-order valence-electron chi connectivity index (χ3n) is 2.27. The van der Waals surface area contributed by atoms with Crippen molar-refractivity contribution in [1.82, 2.24) is 0 Å². The zero-order chi connectivity index (χ0) is 11.1. The van der Waals surface area contributed by atoms with Crippen LogP contribution in [0.3, 0.4) is 0 Å². The number of rotatable bonds is 1. The molecule has 6 heteroatoms. The second-order valence-electron chi connectivity index (χ2n) is 4.24. The van der Waals surface area contributed by atoms with Gasteiger partial charge in [-0.05, 0) is 17.0 Å². The fourth-order valence-electron chi connectivity index (χ4n) is 1.53. The molecule has 0 spiro atoms. The Morgan fingerprint density at radius 1 is 1.29 bits per heavy atom. The molecule has 0 N–H and O–H groups in total. The van der Waals surface area contributed by atoms with Crippen molar-refractivity contribution in [1.29, 1.82) is 0 Å². The Morgan fingerprint density at radius 3 is 1.93 bits per heavy atom. The molecule has 1 aliphatic carbocycles. The third kappa shape index (κ3) is 1.52. The summed E-state index contributed by atoms with van der Waals surface area (Å²) >= 11 is 5.44. The van der Waals surface area contributed by atoms with Gasteiger partial charge in [-0.3, -0.25) is 19.7 Å². The molecule has 0 aliphatic heterocycles. The summed E-state index contributed by atoms with van der Waals surface area (Å²) in [4.78, 5) is 29.8. The topological polar surface area (TPSA) is 77.3 Å². The number of hydrogen-bond acceptors (Lipinski definition) is 4. The number of nitrogens with zero attached hydrogens (tertiary/aromatic N) is 1. The van der Waals surface area contributed by atoms with Crippen molar-refractivity contribution >= 4 is 23.2 Å². The van der Waals surface area contributed by atoms with Crippen LogP contribution < -0.4 is 0 Å². The van der Waals surface area contributed by atoms with E-state index in [-0.39, 0.29) is 12.8 Å². The van der Waals surface area contributed by atoms with Crippen LogP contribution >= 0.6 is 11.6 Å². The van der Waals surface area contributed by atoms with E-state index in [0.29, 0.717) is 0 Å². The second kappa shape index (κ2) is 3.02. The van der Waals surface area contributed by atoms with Crippen molar-refractivity contribution in [3.05, 3.63) is 10.1 Å². The fourth-order valence-corrected chi connectivity index (χ4v) is 1.66. The first kappa shape index (κ1) is 11.1. The molecular weight excluding hydrogens is 210 g/mol. The Labute approximate surface area is 85.6 Å². The number of halogens is 1. The van der Waals surface area contributed by atoms with Crippen molar-refractivity contribution < 1.29 is 14.5 Å². The van der Waals surface area contributed by atoms with Crippen LogP contribution in [0.1, 0.15) is 26.7 Å². The molecule has 0 unspecified atom stereocenters. The molecule has 1 aliphatic rings. The number of carbonyl (C=O) groups is 2. The normalized spacial score (nSPS) is 24.8. The predicted molar refractivity (Wildman–Crippen MR) is 48.6 cm³/mol. The molecule has 0 aromatic rings. The van der Waals surface area contributed by atoms with E-state index in [1.165, 1.54) is 0 Å². The Morgan fingerprint density at radius 2 is 1.64 bits per heavy atom. The molecule has 0 atom stereocenters. The quantitative estimate of drug-likeness (QED) is 0.218. The Bertz CT molecular complexity index is 303. The summed E-state index contributed by atoms with van der Waals surface area (Å²) in [6.45, 7) is 3.42. The van der Waals surface area contributed by atoms with Gasteiger partial charge in [0.15, 0.2) is 0 Å². The minimum atomic E-state index is -2.53. The Hall–Kier alpha value is -0.970. The molecule has 0 aromatic carbocycles. The van der Waals surface area contributed by atoms with E-state index in [0.717, 1.165) is 0 Å². The smallest absolute Gasteiger partial charge is 0.289 e. The van der Waals surface area contributed by atoms with Crippen molar-refractivity contribution in [2.75, 3.05) is 0 Å². The zero-order valence-corrected chi connectivity index (χ0v) is 8.63. The molecule has 0 aromatic heterocycles. The van der Waals surface area contributed by atoms with Crippen molar-refractivity contribution in [3.63, 3.8) is 0 Å². The summed E-state index contributed by atoms with van der Waals surface area (Å²) in [5.74, 6) is -1.63.